The van der Waals surface area contributed by atoms with E-state index in [1.807, 2.05) is 0 Å². The average molecular weight is 306 g/mol. The van der Waals surface area contributed by atoms with Crippen LogP contribution in [0.1, 0.15) is 47.4 Å². The van der Waals surface area contributed by atoms with Gasteiger partial charge in [-0.2, -0.15) is 0 Å². The van der Waals surface area contributed by atoms with E-state index in [4.69, 9.17) is 9.47 Å². The maximum absolute atomic E-state index is 11.6. The predicted molar refractivity (Wildman–Crippen MR) is 85.3 cm³/mol. The molecule has 3 nitrogen and oxygen atoms in total. The zero-order chi connectivity index (χ0) is 15.6. The highest BCUT2D eigenvalue weighted by Gasteiger charge is 2.60. The van der Waals surface area contributed by atoms with Crippen LogP contribution in [0.3, 0.4) is 0 Å². The van der Waals surface area contributed by atoms with Crippen LogP contribution >= 0.6 is 0 Å². The van der Waals surface area contributed by atoms with E-state index in [1.54, 1.807) is 0 Å². The predicted octanol–water partition coefficient (Wildman–Crippen LogP) is 3.48. The first kappa shape index (κ1) is 13.3. The smallest absolute Gasteiger partial charge is 0.303 e. The maximum atomic E-state index is 11.6. The molecule has 116 valence electrons. The normalized spacial score (nSPS) is 32.8. The number of carbonyl (C=O) groups excluding carboxylic acids is 1. The topological polar surface area (TPSA) is 35.5 Å². The molecule has 23 heavy (non-hydrogen) atoms. The molecule has 3 unspecified atom stereocenters. The lowest BCUT2D eigenvalue weighted by Crippen LogP contribution is -2.58. The SMILES string of the molecule is CC(=O)OC1COC12c1ccccc1C1CC1c1ccccc12. The van der Waals surface area contributed by atoms with Crippen molar-refractivity contribution in [1.82, 2.24) is 0 Å². The first-order valence-electron chi connectivity index (χ1n) is 8.22. The summed E-state index contributed by atoms with van der Waals surface area (Å²) < 4.78 is 11.8. The minimum Gasteiger partial charge on any atom is -0.456 e. The van der Waals surface area contributed by atoms with E-state index in [9.17, 15) is 4.79 Å². The largest absolute Gasteiger partial charge is 0.456 e. The summed E-state index contributed by atoms with van der Waals surface area (Å²) in [5.41, 5.74) is 4.42. The summed E-state index contributed by atoms with van der Waals surface area (Å²) in [6.07, 6.45) is 0.947. The van der Waals surface area contributed by atoms with Crippen LogP contribution in [0.4, 0.5) is 0 Å². The zero-order valence-electron chi connectivity index (χ0n) is 13.0. The van der Waals surface area contributed by atoms with Crippen molar-refractivity contribution in [2.45, 2.75) is 36.9 Å². The minimum absolute atomic E-state index is 0.248. The molecule has 3 heteroatoms. The summed E-state index contributed by atoms with van der Waals surface area (Å²) in [4.78, 5) is 11.6. The highest BCUT2D eigenvalue weighted by atomic mass is 16.6. The number of hydrogen-bond donors (Lipinski definition) is 0. The Hall–Kier alpha value is -2.13. The fourth-order valence-electron chi connectivity index (χ4n) is 4.48. The Morgan fingerprint density at radius 2 is 1.61 bits per heavy atom. The number of ether oxygens (including phenoxy) is 2. The average Bonchev–Trinajstić information content (AvgIpc) is 3.33. The van der Waals surface area contributed by atoms with Crippen molar-refractivity contribution in [1.29, 1.82) is 0 Å². The highest BCUT2D eigenvalue weighted by molar-refractivity contribution is 5.67. The van der Waals surface area contributed by atoms with Gasteiger partial charge >= 0.3 is 5.97 Å². The van der Waals surface area contributed by atoms with Crippen LogP contribution in [0, 0.1) is 0 Å². The molecule has 0 radical (unpaired) electrons. The van der Waals surface area contributed by atoms with Crippen LogP contribution in [0.25, 0.3) is 0 Å². The fraction of sp³-hybridized carbons (Fsp3) is 0.350. The molecule has 5 rings (SSSR count). The minimum atomic E-state index is -0.633. The van der Waals surface area contributed by atoms with E-state index in [-0.39, 0.29) is 12.1 Å². The van der Waals surface area contributed by atoms with Crippen molar-refractivity contribution in [3.63, 3.8) is 0 Å². The lowest BCUT2D eigenvalue weighted by Gasteiger charge is -2.49. The van der Waals surface area contributed by atoms with E-state index >= 15 is 0 Å². The third kappa shape index (κ3) is 1.66. The van der Waals surface area contributed by atoms with Crippen molar-refractivity contribution < 1.29 is 14.3 Å². The Balaban J connectivity index is 1.77. The molecule has 1 saturated heterocycles. The molecule has 0 bridgehead atoms. The van der Waals surface area contributed by atoms with Gasteiger partial charge in [-0.05, 0) is 40.5 Å². The molecular formula is C20H18O3. The Morgan fingerprint density at radius 1 is 1.04 bits per heavy atom. The number of hydrogen-bond acceptors (Lipinski definition) is 3. The molecule has 1 heterocycles. The van der Waals surface area contributed by atoms with Crippen molar-refractivity contribution in [3.05, 3.63) is 70.8 Å². The second-order valence-electron chi connectivity index (χ2n) is 6.77. The molecule has 0 aromatic heterocycles. The van der Waals surface area contributed by atoms with Gasteiger partial charge in [0.2, 0.25) is 0 Å². The summed E-state index contributed by atoms with van der Waals surface area (Å²) >= 11 is 0. The fourth-order valence-corrected chi connectivity index (χ4v) is 4.48. The van der Waals surface area contributed by atoms with Gasteiger partial charge in [-0.3, -0.25) is 4.79 Å². The monoisotopic (exact) mass is 306 g/mol. The quantitative estimate of drug-likeness (QED) is 0.757. The lowest BCUT2D eigenvalue weighted by molar-refractivity contribution is -0.237. The summed E-state index contributed by atoms with van der Waals surface area (Å²) in [6, 6.07) is 17.0. The Kier molecular flexibility index (Phi) is 2.58. The van der Waals surface area contributed by atoms with Crippen molar-refractivity contribution >= 4 is 5.97 Å². The summed E-state index contributed by atoms with van der Waals surface area (Å²) in [5, 5.41) is 0. The van der Waals surface area contributed by atoms with Crippen molar-refractivity contribution in [2.75, 3.05) is 6.61 Å². The molecule has 2 fully saturated rings. The van der Waals surface area contributed by atoms with Crippen molar-refractivity contribution in [2.24, 2.45) is 0 Å². The maximum Gasteiger partial charge on any atom is 0.303 e. The molecule has 0 amide bonds. The second kappa shape index (κ2) is 4.45. The molecular weight excluding hydrogens is 288 g/mol. The third-order valence-electron chi connectivity index (χ3n) is 5.54. The molecule has 3 aliphatic rings. The highest BCUT2D eigenvalue weighted by Crippen LogP contribution is 2.63. The zero-order valence-corrected chi connectivity index (χ0v) is 13.0. The first-order chi connectivity index (χ1) is 11.2. The molecule has 3 atom stereocenters. The van der Waals surface area contributed by atoms with Gasteiger partial charge in [-0.1, -0.05) is 48.5 Å². The number of benzene rings is 2. The van der Waals surface area contributed by atoms with Crippen LogP contribution in [0.15, 0.2) is 48.5 Å². The van der Waals surface area contributed by atoms with Crippen molar-refractivity contribution in [3.8, 4) is 0 Å². The second-order valence-corrected chi connectivity index (χ2v) is 6.77. The number of esters is 1. The molecule has 1 aliphatic heterocycles. The molecule has 0 N–H and O–H groups in total. The standard InChI is InChI=1S/C20H18O3/c1-12(21)23-19-11-22-20(19)17-8-4-2-6-13(17)15-10-16(15)14-7-3-5-9-18(14)20/h2-9,15-16,19H,10-11H2,1H3. The van der Waals surface area contributed by atoms with Gasteiger partial charge in [-0.15, -0.1) is 0 Å². The van der Waals surface area contributed by atoms with Crippen LogP contribution in [0.2, 0.25) is 0 Å². The number of rotatable bonds is 1. The van der Waals surface area contributed by atoms with E-state index in [0.717, 1.165) is 0 Å². The van der Waals surface area contributed by atoms with Gasteiger partial charge in [0.15, 0.2) is 11.7 Å². The van der Waals surface area contributed by atoms with E-state index in [0.29, 0.717) is 18.4 Å². The molecule has 1 spiro atoms. The molecule has 2 aliphatic carbocycles. The molecule has 2 aromatic rings. The molecule has 1 saturated carbocycles. The first-order valence-corrected chi connectivity index (χ1v) is 8.22. The van der Waals surface area contributed by atoms with Crippen LogP contribution in [0.5, 0.6) is 0 Å². The van der Waals surface area contributed by atoms with E-state index < -0.39 is 5.60 Å². The Labute approximate surface area is 135 Å². The van der Waals surface area contributed by atoms with Gasteiger partial charge < -0.3 is 9.47 Å². The van der Waals surface area contributed by atoms with Crippen LogP contribution in [-0.2, 0) is 19.9 Å². The summed E-state index contributed by atoms with van der Waals surface area (Å²) in [6.45, 7) is 1.93. The Morgan fingerprint density at radius 3 is 2.09 bits per heavy atom. The van der Waals surface area contributed by atoms with Crippen LogP contribution < -0.4 is 0 Å². The van der Waals surface area contributed by atoms with Gasteiger partial charge in [0, 0.05) is 6.92 Å². The number of fused-ring (bicyclic) bond motifs is 7. The number of carbonyl (C=O) groups is 1. The van der Waals surface area contributed by atoms with E-state index in [2.05, 4.69) is 48.5 Å². The Bertz CT molecular complexity index is 759. The van der Waals surface area contributed by atoms with Gasteiger partial charge in [0.1, 0.15) is 0 Å². The lowest BCUT2D eigenvalue weighted by atomic mass is 9.75. The summed E-state index contributed by atoms with van der Waals surface area (Å²) in [7, 11) is 0. The van der Waals surface area contributed by atoms with Gasteiger partial charge in [-0.25, -0.2) is 0 Å². The third-order valence-corrected chi connectivity index (χ3v) is 5.54. The van der Waals surface area contributed by atoms with Gasteiger partial charge in [0.05, 0.1) is 6.61 Å². The van der Waals surface area contributed by atoms with E-state index in [1.165, 1.54) is 35.6 Å². The van der Waals surface area contributed by atoms with Crippen LogP contribution in [-0.4, -0.2) is 18.7 Å². The van der Waals surface area contributed by atoms with Gasteiger partial charge in [0.25, 0.3) is 0 Å². The summed E-state index contributed by atoms with van der Waals surface area (Å²) in [5.74, 6) is 0.879. The molecule has 2 aromatic carbocycles.